The van der Waals surface area contributed by atoms with Crippen LogP contribution >= 0.6 is 11.8 Å². The fraction of sp³-hybridized carbons (Fsp3) is 0.125. The van der Waals surface area contributed by atoms with Crippen LogP contribution in [0.25, 0.3) is 0 Å². The van der Waals surface area contributed by atoms with Crippen LogP contribution in [0.4, 0.5) is 5.69 Å². The van der Waals surface area contributed by atoms with Gasteiger partial charge in [0.15, 0.2) is 0 Å². The first-order valence-electron chi connectivity index (χ1n) is 6.59. The van der Waals surface area contributed by atoms with E-state index in [4.69, 9.17) is 15.6 Å². The molecular formula is C16H15NO4S. The predicted octanol–water partition coefficient (Wildman–Crippen LogP) is 3.29. The lowest BCUT2D eigenvalue weighted by Gasteiger charge is -2.08. The van der Waals surface area contributed by atoms with Gasteiger partial charge in [-0.05, 0) is 49.4 Å². The number of benzene rings is 2. The molecule has 0 saturated heterocycles. The van der Waals surface area contributed by atoms with Crippen LogP contribution in [0.3, 0.4) is 0 Å². The first-order chi connectivity index (χ1) is 10.5. The normalized spacial score (nSPS) is 10.2. The fourth-order valence-corrected chi connectivity index (χ4v) is 2.67. The zero-order valence-electron chi connectivity index (χ0n) is 11.9. The Morgan fingerprint density at radius 1 is 1.14 bits per heavy atom. The molecule has 0 spiro atoms. The van der Waals surface area contributed by atoms with E-state index in [2.05, 4.69) is 0 Å². The van der Waals surface area contributed by atoms with E-state index in [1.807, 2.05) is 0 Å². The van der Waals surface area contributed by atoms with E-state index in [9.17, 15) is 9.59 Å². The number of rotatable bonds is 5. The number of hydrogen-bond acceptors (Lipinski definition) is 5. The van der Waals surface area contributed by atoms with Gasteiger partial charge in [-0.25, -0.2) is 9.59 Å². The second kappa shape index (κ2) is 7.00. The van der Waals surface area contributed by atoms with Crippen LogP contribution in [0, 0.1) is 0 Å². The molecule has 22 heavy (non-hydrogen) atoms. The first-order valence-corrected chi connectivity index (χ1v) is 7.40. The first kappa shape index (κ1) is 15.9. The summed E-state index contributed by atoms with van der Waals surface area (Å²) < 4.78 is 4.92. The largest absolute Gasteiger partial charge is 0.478 e. The molecule has 0 heterocycles. The molecular weight excluding hydrogens is 302 g/mol. The fourth-order valence-electron chi connectivity index (χ4n) is 1.80. The molecule has 2 rings (SSSR count). The number of anilines is 1. The number of carbonyl (C=O) groups excluding carboxylic acids is 1. The maximum Gasteiger partial charge on any atom is 0.340 e. The quantitative estimate of drug-likeness (QED) is 0.649. The van der Waals surface area contributed by atoms with Crippen LogP contribution in [-0.4, -0.2) is 23.7 Å². The summed E-state index contributed by atoms with van der Waals surface area (Å²) in [6.07, 6.45) is 0. The summed E-state index contributed by atoms with van der Waals surface area (Å²) in [4.78, 5) is 24.2. The highest BCUT2D eigenvalue weighted by molar-refractivity contribution is 7.99. The molecule has 114 valence electrons. The van der Waals surface area contributed by atoms with Gasteiger partial charge in [0.25, 0.3) is 0 Å². The molecule has 0 aromatic heterocycles. The number of carbonyl (C=O) groups is 2. The Morgan fingerprint density at radius 2 is 1.77 bits per heavy atom. The molecule has 0 fully saturated rings. The highest BCUT2D eigenvalue weighted by atomic mass is 32.2. The lowest BCUT2D eigenvalue weighted by Crippen LogP contribution is -2.07. The molecule has 2 aromatic rings. The summed E-state index contributed by atoms with van der Waals surface area (Å²) >= 11 is 1.43. The second-order valence-corrected chi connectivity index (χ2v) is 5.55. The number of carboxylic acids is 1. The Kier molecular flexibility index (Phi) is 5.06. The van der Waals surface area contributed by atoms with E-state index in [0.717, 1.165) is 9.79 Å². The van der Waals surface area contributed by atoms with Crippen LogP contribution in [0.2, 0.25) is 0 Å². The van der Waals surface area contributed by atoms with Crippen molar-refractivity contribution >= 4 is 29.4 Å². The van der Waals surface area contributed by atoms with Gasteiger partial charge in [-0.1, -0.05) is 11.8 Å². The average Bonchev–Trinajstić information content (AvgIpc) is 2.48. The van der Waals surface area contributed by atoms with Crippen molar-refractivity contribution in [2.75, 3.05) is 12.3 Å². The molecule has 2 aromatic carbocycles. The number of aromatic carboxylic acids is 1. The Labute approximate surface area is 132 Å². The molecule has 5 nitrogen and oxygen atoms in total. The average molecular weight is 317 g/mol. The standard InChI is InChI=1S/C16H15NO4S/c1-2-21-16(20)13-8-7-12(9-14(13)17)22-11-5-3-10(4-6-11)15(18)19/h3-9H,2,17H2,1H3,(H,18,19). The van der Waals surface area contributed by atoms with Gasteiger partial charge in [-0.2, -0.15) is 0 Å². The summed E-state index contributed by atoms with van der Waals surface area (Å²) in [6.45, 7) is 2.03. The lowest BCUT2D eigenvalue weighted by molar-refractivity contribution is 0.0527. The molecule has 3 N–H and O–H groups in total. The maximum atomic E-state index is 11.7. The van der Waals surface area contributed by atoms with E-state index < -0.39 is 11.9 Å². The molecule has 0 aliphatic heterocycles. The van der Waals surface area contributed by atoms with Crippen molar-refractivity contribution in [2.45, 2.75) is 16.7 Å². The third-order valence-electron chi connectivity index (χ3n) is 2.86. The molecule has 0 aliphatic carbocycles. The SMILES string of the molecule is CCOC(=O)c1ccc(Sc2ccc(C(=O)O)cc2)cc1N. The van der Waals surface area contributed by atoms with Gasteiger partial charge in [0.2, 0.25) is 0 Å². The smallest absolute Gasteiger partial charge is 0.340 e. The van der Waals surface area contributed by atoms with E-state index in [-0.39, 0.29) is 5.56 Å². The van der Waals surface area contributed by atoms with Crippen molar-refractivity contribution in [2.24, 2.45) is 0 Å². The van der Waals surface area contributed by atoms with E-state index >= 15 is 0 Å². The van der Waals surface area contributed by atoms with Crippen LogP contribution in [0.1, 0.15) is 27.6 Å². The number of esters is 1. The minimum Gasteiger partial charge on any atom is -0.478 e. The van der Waals surface area contributed by atoms with Crippen molar-refractivity contribution in [3.63, 3.8) is 0 Å². The Balaban J connectivity index is 2.15. The van der Waals surface area contributed by atoms with Crippen LogP contribution in [-0.2, 0) is 4.74 Å². The maximum absolute atomic E-state index is 11.7. The summed E-state index contributed by atoms with van der Waals surface area (Å²) in [7, 11) is 0. The van der Waals surface area contributed by atoms with Gasteiger partial charge in [0.1, 0.15) is 0 Å². The molecule has 0 unspecified atom stereocenters. The van der Waals surface area contributed by atoms with Gasteiger partial charge in [-0.3, -0.25) is 0 Å². The van der Waals surface area contributed by atoms with Gasteiger partial charge < -0.3 is 15.6 Å². The second-order valence-electron chi connectivity index (χ2n) is 4.40. The molecule has 0 aliphatic rings. The van der Waals surface area contributed by atoms with E-state index in [1.165, 1.54) is 11.8 Å². The third kappa shape index (κ3) is 3.79. The number of carboxylic acid groups (broad SMARTS) is 1. The molecule has 0 bridgehead atoms. The van der Waals surface area contributed by atoms with Crippen molar-refractivity contribution in [3.05, 3.63) is 53.6 Å². The summed E-state index contributed by atoms with van der Waals surface area (Å²) in [5.74, 6) is -1.40. The predicted molar refractivity (Wildman–Crippen MR) is 84.3 cm³/mol. The van der Waals surface area contributed by atoms with Crippen LogP contribution in [0.5, 0.6) is 0 Å². The number of nitrogen functional groups attached to an aromatic ring is 1. The van der Waals surface area contributed by atoms with Gasteiger partial charge >= 0.3 is 11.9 Å². The van der Waals surface area contributed by atoms with E-state index in [0.29, 0.717) is 17.9 Å². The zero-order chi connectivity index (χ0) is 16.1. The Bertz CT molecular complexity index is 698. The third-order valence-corrected chi connectivity index (χ3v) is 3.85. The lowest BCUT2D eigenvalue weighted by atomic mass is 10.2. The molecule has 6 heteroatoms. The van der Waals surface area contributed by atoms with Crippen LogP contribution in [0.15, 0.2) is 52.3 Å². The number of nitrogens with two attached hydrogens (primary N) is 1. The van der Waals surface area contributed by atoms with Crippen molar-refractivity contribution in [1.82, 2.24) is 0 Å². The summed E-state index contributed by atoms with van der Waals surface area (Å²) in [6, 6.07) is 11.6. The van der Waals surface area contributed by atoms with Crippen molar-refractivity contribution in [3.8, 4) is 0 Å². The Hall–Kier alpha value is -2.47. The van der Waals surface area contributed by atoms with Crippen molar-refractivity contribution < 1.29 is 19.4 Å². The van der Waals surface area contributed by atoms with Crippen molar-refractivity contribution in [1.29, 1.82) is 0 Å². The Morgan fingerprint density at radius 3 is 2.32 bits per heavy atom. The molecule has 0 saturated carbocycles. The summed E-state index contributed by atoms with van der Waals surface area (Å²) in [5, 5.41) is 8.86. The number of hydrogen-bond donors (Lipinski definition) is 2. The number of ether oxygens (including phenoxy) is 1. The molecule has 0 atom stereocenters. The minimum absolute atomic E-state index is 0.238. The van der Waals surface area contributed by atoms with E-state index in [1.54, 1.807) is 49.4 Å². The topological polar surface area (TPSA) is 89.6 Å². The van der Waals surface area contributed by atoms with Gasteiger partial charge in [-0.15, -0.1) is 0 Å². The molecule has 0 amide bonds. The van der Waals surface area contributed by atoms with Gasteiger partial charge in [0, 0.05) is 15.5 Å². The summed E-state index contributed by atoms with van der Waals surface area (Å²) in [5.41, 5.74) is 6.81. The highest BCUT2D eigenvalue weighted by Crippen LogP contribution is 2.30. The monoisotopic (exact) mass is 317 g/mol. The van der Waals surface area contributed by atoms with Gasteiger partial charge in [0.05, 0.1) is 17.7 Å². The zero-order valence-corrected chi connectivity index (χ0v) is 12.7. The molecule has 0 radical (unpaired) electrons. The van der Waals surface area contributed by atoms with Crippen LogP contribution < -0.4 is 5.73 Å². The highest BCUT2D eigenvalue weighted by Gasteiger charge is 2.11. The minimum atomic E-state index is -0.959.